The molecule has 86 valence electrons. The first-order valence-corrected chi connectivity index (χ1v) is 5.25. The van der Waals surface area contributed by atoms with Crippen LogP contribution in [0.1, 0.15) is 25.1 Å². The lowest BCUT2D eigenvalue weighted by Crippen LogP contribution is -2.11. The summed E-state index contributed by atoms with van der Waals surface area (Å²) in [6.45, 7) is 2.89. The highest BCUT2D eigenvalue weighted by Crippen LogP contribution is 2.05. The number of nitrogens with zero attached hydrogens (tertiary/aromatic N) is 2. The first-order valence-electron chi connectivity index (χ1n) is 5.25. The number of aryl methyl sites for hydroxylation is 1. The predicted molar refractivity (Wildman–Crippen MR) is 56.7 cm³/mol. The summed E-state index contributed by atoms with van der Waals surface area (Å²) >= 11 is 0. The molecule has 0 aliphatic carbocycles. The standard InChI is InChI=1S/C10H19N3O2/c1-8(14-3)4-5-10-12-9(13-15-10)6-7-11-2/h8,11H,4-7H2,1-3H3. The zero-order valence-electron chi connectivity index (χ0n) is 9.62. The number of nitrogens with one attached hydrogen (secondary N) is 1. The van der Waals surface area contributed by atoms with Crippen LogP contribution in [0.25, 0.3) is 0 Å². The monoisotopic (exact) mass is 213 g/mol. The van der Waals surface area contributed by atoms with E-state index in [0.29, 0.717) is 5.89 Å². The van der Waals surface area contributed by atoms with E-state index in [1.165, 1.54) is 0 Å². The lowest BCUT2D eigenvalue weighted by atomic mass is 10.2. The Bertz CT molecular complexity index is 275. The molecular formula is C10H19N3O2. The molecule has 0 saturated carbocycles. The van der Waals surface area contributed by atoms with E-state index < -0.39 is 0 Å². The molecule has 0 radical (unpaired) electrons. The van der Waals surface area contributed by atoms with Crippen LogP contribution in [-0.2, 0) is 17.6 Å². The highest BCUT2D eigenvalue weighted by atomic mass is 16.5. The fraction of sp³-hybridized carbons (Fsp3) is 0.800. The van der Waals surface area contributed by atoms with Gasteiger partial charge >= 0.3 is 0 Å². The Morgan fingerprint density at radius 3 is 2.93 bits per heavy atom. The van der Waals surface area contributed by atoms with Gasteiger partial charge in [-0.2, -0.15) is 4.98 Å². The molecule has 0 amide bonds. The second-order valence-corrected chi connectivity index (χ2v) is 3.54. The molecule has 0 aliphatic heterocycles. The minimum Gasteiger partial charge on any atom is -0.382 e. The third-order valence-corrected chi connectivity index (χ3v) is 2.28. The summed E-state index contributed by atoms with van der Waals surface area (Å²) in [5, 5.41) is 6.93. The fourth-order valence-electron chi connectivity index (χ4n) is 1.17. The van der Waals surface area contributed by atoms with E-state index in [0.717, 1.165) is 31.6 Å². The molecule has 5 heteroatoms. The van der Waals surface area contributed by atoms with Crippen LogP contribution < -0.4 is 5.32 Å². The molecule has 1 atom stereocenters. The zero-order chi connectivity index (χ0) is 11.1. The van der Waals surface area contributed by atoms with Crippen molar-refractivity contribution in [2.45, 2.75) is 32.3 Å². The van der Waals surface area contributed by atoms with Crippen LogP contribution in [0.4, 0.5) is 0 Å². The van der Waals surface area contributed by atoms with E-state index in [4.69, 9.17) is 9.26 Å². The Kier molecular flexibility index (Phi) is 5.28. The highest BCUT2D eigenvalue weighted by Gasteiger charge is 2.07. The Hall–Kier alpha value is -0.940. The minimum atomic E-state index is 0.234. The number of hydrogen-bond acceptors (Lipinski definition) is 5. The van der Waals surface area contributed by atoms with Crippen molar-refractivity contribution >= 4 is 0 Å². The van der Waals surface area contributed by atoms with Gasteiger partial charge in [0, 0.05) is 26.5 Å². The number of aromatic nitrogens is 2. The molecule has 0 saturated heterocycles. The maximum absolute atomic E-state index is 5.14. The molecule has 15 heavy (non-hydrogen) atoms. The molecule has 1 heterocycles. The number of hydrogen-bond donors (Lipinski definition) is 1. The Labute approximate surface area is 90.2 Å². The van der Waals surface area contributed by atoms with Crippen molar-refractivity contribution < 1.29 is 9.26 Å². The van der Waals surface area contributed by atoms with Gasteiger partial charge in [0.15, 0.2) is 5.82 Å². The summed E-state index contributed by atoms with van der Waals surface area (Å²) in [6, 6.07) is 0. The number of rotatable bonds is 7. The molecule has 1 unspecified atom stereocenters. The van der Waals surface area contributed by atoms with Gasteiger partial charge in [-0.05, 0) is 20.4 Å². The van der Waals surface area contributed by atoms with Crippen molar-refractivity contribution in [1.29, 1.82) is 0 Å². The normalized spacial score (nSPS) is 13.0. The zero-order valence-corrected chi connectivity index (χ0v) is 9.62. The minimum absolute atomic E-state index is 0.234. The Balaban J connectivity index is 2.32. The van der Waals surface area contributed by atoms with Gasteiger partial charge in [-0.3, -0.25) is 0 Å². The van der Waals surface area contributed by atoms with E-state index in [-0.39, 0.29) is 6.10 Å². The molecule has 0 aromatic carbocycles. The lowest BCUT2D eigenvalue weighted by molar-refractivity contribution is 0.109. The van der Waals surface area contributed by atoms with Crippen LogP contribution in [0, 0.1) is 0 Å². The molecule has 1 N–H and O–H groups in total. The van der Waals surface area contributed by atoms with Gasteiger partial charge in [0.2, 0.25) is 5.89 Å². The fourth-order valence-corrected chi connectivity index (χ4v) is 1.17. The summed E-state index contributed by atoms with van der Waals surface area (Å²) in [5.41, 5.74) is 0. The molecule has 0 fully saturated rings. The Morgan fingerprint density at radius 1 is 1.47 bits per heavy atom. The maximum atomic E-state index is 5.14. The van der Waals surface area contributed by atoms with Crippen molar-refractivity contribution in [3.8, 4) is 0 Å². The molecule has 0 spiro atoms. The van der Waals surface area contributed by atoms with E-state index >= 15 is 0 Å². The number of likely N-dealkylation sites (N-methyl/N-ethyl adjacent to an activating group) is 1. The SMILES string of the molecule is CNCCc1noc(CCC(C)OC)n1. The van der Waals surface area contributed by atoms with Gasteiger partial charge in [0.1, 0.15) is 0 Å². The summed E-state index contributed by atoms with van der Waals surface area (Å²) in [7, 11) is 3.61. The van der Waals surface area contributed by atoms with E-state index in [1.807, 2.05) is 14.0 Å². The van der Waals surface area contributed by atoms with Gasteiger partial charge in [-0.15, -0.1) is 0 Å². The van der Waals surface area contributed by atoms with Crippen LogP contribution in [-0.4, -0.2) is 36.9 Å². The molecule has 0 aliphatic rings. The third-order valence-electron chi connectivity index (χ3n) is 2.28. The molecule has 1 rings (SSSR count). The van der Waals surface area contributed by atoms with Crippen LogP contribution in [0.15, 0.2) is 4.52 Å². The maximum Gasteiger partial charge on any atom is 0.226 e. The predicted octanol–water partition coefficient (Wildman–Crippen LogP) is 0.799. The van der Waals surface area contributed by atoms with Crippen molar-refractivity contribution in [3.05, 3.63) is 11.7 Å². The van der Waals surface area contributed by atoms with Crippen LogP contribution in [0.2, 0.25) is 0 Å². The van der Waals surface area contributed by atoms with Crippen LogP contribution in [0.5, 0.6) is 0 Å². The summed E-state index contributed by atoms with van der Waals surface area (Å²) in [6.07, 6.45) is 2.73. The molecule has 1 aromatic heterocycles. The van der Waals surface area contributed by atoms with E-state index in [1.54, 1.807) is 7.11 Å². The largest absolute Gasteiger partial charge is 0.382 e. The van der Waals surface area contributed by atoms with Crippen molar-refractivity contribution in [3.63, 3.8) is 0 Å². The number of methoxy groups -OCH3 is 1. The molecule has 5 nitrogen and oxygen atoms in total. The smallest absolute Gasteiger partial charge is 0.226 e. The van der Waals surface area contributed by atoms with E-state index in [9.17, 15) is 0 Å². The van der Waals surface area contributed by atoms with Crippen LogP contribution in [0.3, 0.4) is 0 Å². The second kappa shape index (κ2) is 6.53. The average Bonchev–Trinajstić information content (AvgIpc) is 2.71. The Morgan fingerprint density at radius 2 is 2.27 bits per heavy atom. The molecular weight excluding hydrogens is 194 g/mol. The van der Waals surface area contributed by atoms with E-state index in [2.05, 4.69) is 15.5 Å². The van der Waals surface area contributed by atoms with Crippen LogP contribution >= 0.6 is 0 Å². The summed E-state index contributed by atoms with van der Waals surface area (Å²) < 4.78 is 10.3. The van der Waals surface area contributed by atoms with Gasteiger partial charge in [0.25, 0.3) is 0 Å². The van der Waals surface area contributed by atoms with Crippen molar-refractivity contribution in [2.75, 3.05) is 20.7 Å². The molecule has 1 aromatic rings. The first kappa shape index (κ1) is 12.1. The van der Waals surface area contributed by atoms with Gasteiger partial charge in [0.05, 0.1) is 6.10 Å². The topological polar surface area (TPSA) is 60.2 Å². The summed E-state index contributed by atoms with van der Waals surface area (Å²) in [5.74, 6) is 1.47. The van der Waals surface area contributed by atoms with Crippen molar-refractivity contribution in [2.24, 2.45) is 0 Å². The van der Waals surface area contributed by atoms with Gasteiger partial charge in [-0.1, -0.05) is 5.16 Å². The third kappa shape index (κ3) is 4.40. The summed E-state index contributed by atoms with van der Waals surface area (Å²) in [4.78, 5) is 4.28. The lowest BCUT2D eigenvalue weighted by Gasteiger charge is -2.05. The van der Waals surface area contributed by atoms with Gasteiger partial charge < -0.3 is 14.6 Å². The quantitative estimate of drug-likeness (QED) is 0.726. The van der Waals surface area contributed by atoms with Crippen molar-refractivity contribution in [1.82, 2.24) is 15.5 Å². The average molecular weight is 213 g/mol. The molecule has 0 bridgehead atoms. The first-order chi connectivity index (χ1) is 7.26. The highest BCUT2D eigenvalue weighted by molar-refractivity contribution is 4.87. The van der Waals surface area contributed by atoms with Gasteiger partial charge in [-0.25, -0.2) is 0 Å². The number of ether oxygens (including phenoxy) is 1. The second-order valence-electron chi connectivity index (χ2n) is 3.54.